The third kappa shape index (κ3) is 3.12. The normalized spacial score (nSPS) is 30.3. The largest absolute Gasteiger partial charge is 0.477 e. The van der Waals surface area contributed by atoms with Crippen LogP contribution in [0.4, 0.5) is 4.79 Å². The van der Waals surface area contributed by atoms with E-state index in [0.717, 1.165) is 0 Å². The van der Waals surface area contributed by atoms with E-state index in [9.17, 15) is 19.5 Å². The van der Waals surface area contributed by atoms with E-state index in [0.29, 0.717) is 30.4 Å². The van der Waals surface area contributed by atoms with Crippen LogP contribution in [0.25, 0.3) is 0 Å². The van der Waals surface area contributed by atoms with Gasteiger partial charge >= 0.3 is 12.0 Å². The molecule has 3 amide bonds. The molecule has 6 N–H and O–H groups in total. The van der Waals surface area contributed by atoms with E-state index >= 15 is 0 Å². The van der Waals surface area contributed by atoms with Crippen molar-refractivity contribution >= 4 is 35.6 Å². The van der Waals surface area contributed by atoms with Gasteiger partial charge in [0.25, 0.3) is 0 Å². The van der Waals surface area contributed by atoms with E-state index in [-0.39, 0.29) is 41.3 Å². The number of aliphatic imine (C=N–C) groups is 1. The number of rotatable bonds is 5. The Hall–Kier alpha value is -2.27. The predicted molar refractivity (Wildman–Crippen MR) is 94.1 cm³/mol. The van der Waals surface area contributed by atoms with Crippen molar-refractivity contribution in [3.8, 4) is 0 Å². The Labute approximate surface area is 153 Å². The minimum atomic E-state index is -1.12. The van der Waals surface area contributed by atoms with E-state index in [4.69, 9.17) is 10.8 Å². The average Bonchev–Trinajstić information content (AvgIpc) is 2.84. The maximum Gasteiger partial charge on any atom is 0.353 e. The first-order chi connectivity index (χ1) is 12.3. The first-order valence-electron chi connectivity index (χ1n) is 8.29. The number of nitrogens with two attached hydrogens (primary N) is 1. The number of hydrogen-bond donors (Lipinski definition) is 5. The number of guanidine groups is 1. The number of carboxylic acids is 1. The van der Waals surface area contributed by atoms with Crippen LogP contribution in [0.15, 0.2) is 15.6 Å². The number of carbonyl (C=O) groups excluding carboxylic acids is 2. The van der Waals surface area contributed by atoms with Gasteiger partial charge in [0.1, 0.15) is 5.70 Å². The van der Waals surface area contributed by atoms with Crippen LogP contribution in [-0.4, -0.2) is 70.0 Å². The Morgan fingerprint density at radius 2 is 2.04 bits per heavy atom. The van der Waals surface area contributed by atoms with Gasteiger partial charge in [-0.3, -0.25) is 4.79 Å². The van der Waals surface area contributed by atoms with Crippen LogP contribution in [0.3, 0.4) is 0 Å². The van der Waals surface area contributed by atoms with Crippen molar-refractivity contribution < 1.29 is 24.6 Å². The van der Waals surface area contributed by atoms with Crippen molar-refractivity contribution in [1.29, 1.82) is 0 Å². The lowest BCUT2D eigenvalue weighted by Crippen LogP contribution is -2.60. The molecule has 0 aliphatic carbocycles. The van der Waals surface area contributed by atoms with E-state index in [1.807, 2.05) is 6.92 Å². The molecule has 3 aliphatic heterocycles. The second-order valence-electron chi connectivity index (χ2n) is 6.42. The molecule has 3 aliphatic rings. The smallest absolute Gasteiger partial charge is 0.353 e. The SMILES string of the molecule is C[C@H]1C(SC2CNC(=NC(N)=O)NC2)=C(C(=O)O)N2C(=O)[C@@H](CCO)[C@@H]12. The lowest BCUT2D eigenvalue weighted by molar-refractivity contribution is -0.157. The maximum atomic E-state index is 12.3. The number of carboxylic acid groups (broad SMARTS) is 1. The number of hydrogen-bond acceptors (Lipinski definition) is 5. The molecule has 3 rings (SSSR count). The van der Waals surface area contributed by atoms with E-state index in [2.05, 4.69) is 15.6 Å². The number of primary amides is 1. The van der Waals surface area contributed by atoms with Gasteiger partial charge in [-0.15, -0.1) is 11.8 Å². The second-order valence-corrected chi connectivity index (χ2v) is 7.77. The van der Waals surface area contributed by atoms with Crippen molar-refractivity contribution in [2.45, 2.75) is 24.6 Å². The molecule has 2 saturated heterocycles. The number of aliphatic carboxylic acids is 1. The fourth-order valence-electron chi connectivity index (χ4n) is 3.70. The van der Waals surface area contributed by atoms with Gasteiger partial charge in [0, 0.05) is 35.8 Å². The molecule has 0 aromatic heterocycles. The maximum absolute atomic E-state index is 12.3. The van der Waals surface area contributed by atoms with Gasteiger partial charge in [-0.2, -0.15) is 4.99 Å². The molecular weight excluding hydrogens is 362 g/mol. The molecule has 0 aromatic rings. The number of nitrogens with zero attached hydrogens (tertiary/aromatic N) is 2. The minimum Gasteiger partial charge on any atom is -0.477 e. The molecule has 0 aromatic carbocycles. The second kappa shape index (κ2) is 7.16. The topological polar surface area (TPSA) is 157 Å². The first kappa shape index (κ1) is 18.5. The van der Waals surface area contributed by atoms with Crippen molar-refractivity contribution in [2.24, 2.45) is 22.6 Å². The fraction of sp³-hybridized carbons (Fsp3) is 0.600. The molecule has 0 spiro atoms. The number of carbonyl (C=O) groups is 3. The van der Waals surface area contributed by atoms with Gasteiger partial charge < -0.3 is 31.5 Å². The molecule has 0 radical (unpaired) electrons. The average molecular weight is 383 g/mol. The van der Waals surface area contributed by atoms with Crippen molar-refractivity contribution in [2.75, 3.05) is 19.7 Å². The van der Waals surface area contributed by atoms with E-state index in [1.54, 1.807) is 0 Å². The van der Waals surface area contributed by atoms with Crippen LogP contribution in [-0.2, 0) is 9.59 Å². The molecule has 10 nitrogen and oxygen atoms in total. The molecule has 26 heavy (non-hydrogen) atoms. The van der Waals surface area contributed by atoms with Crippen LogP contribution in [0.2, 0.25) is 0 Å². The number of thioether (sulfide) groups is 1. The zero-order valence-electron chi connectivity index (χ0n) is 14.1. The van der Waals surface area contributed by atoms with Crippen LogP contribution in [0.1, 0.15) is 13.3 Å². The van der Waals surface area contributed by atoms with Crippen molar-refractivity contribution in [3.63, 3.8) is 0 Å². The lowest BCUT2D eigenvalue weighted by Gasteiger charge is -2.45. The van der Waals surface area contributed by atoms with E-state index < -0.39 is 12.0 Å². The Kier molecular flexibility index (Phi) is 5.10. The molecule has 3 heterocycles. The van der Waals surface area contributed by atoms with Crippen LogP contribution in [0, 0.1) is 11.8 Å². The van der Waals surface area contributed by atoms with Gasteiger partial charge in [0.2, 0.25) is 11.9 Å². The molecule has 0 bridgehead atoms. The number of amides is 3. The molecule has 2 fully saturated rings. The van der Waals surface area contributed by atoms with Crippen LogP contribution < -0.4 is 16.4 Å². The van der Waals surface area contributed by atoms with Gasteiger partial charge in [-0.1, -0.05) is 6.92 Å². The highest BCUT2D eigenvalue weighted by atomic mass is 32.2. The van der Waals surface area contributed by atoms with Gasteiger partial charge in [-0.05, 0) is 6.42 Å². The van der Waals surface area contributed by atoms with Crippen molar-refractivity contribution in [1.82, 2.24) is 15.5 Å². The van der Waals surface area contributed by atoms with Crippen molar-refractivity contribution in [3.05, 3.63) is 10.6 Å². The Morgan fingerprint density at radius 1 is 1.38 bits per heavy atom. The lowest BCUT2D eigenvalue weighted by atomic mass is 9.80. The number of aliphatic hydroxyl groups excluding tert-OH is 1. The standard InChI is InChI=1S/C15H21N5O5S/c1-6-9-8(2-3-21)12(22)20(9)10(13(23)24)11(6)26-7-4-17-15(18-5-7)19-14(16)25/h6-9,21H,2-5H2,1H3,(H,23,24)(H4,16,17,18,19,25)/t6-,8+,9-/m1/s1. The third-order valence-corrected chi connectivity index (χ3v) is 6.30. The van der Waals surface area contributed by atoms with Gasteiger partial charge in [-0.25, -0.2) is 9.59 Å². The first-order valence-corrected chi connectivity index (χ1v) is 9.17. The highest BCUT2D eigenvalue weighted by Crippen LogP contribution is 2.51. The fourth-order valence-corrected chi connectivity index (χ4v) is 5.05. The molecule has 0 unspecified atom stereocenters. The number of urea groups is 1. The highest BCUT2D eigenvalue weighted by Gasteiger charge is 2.58. The monoisotopic (exact) mass is 383 g/mol. The summed E-state index contributed by atoms with van der Waals surface area (Å²) in [6.45, 7) is 2.77. The summed E-state index contributed by atoms with van der Waals surface area (Å²) in [5, 5.41) is 24.6. The minimum absolute atomic E-state index is 0.00118. The molecule has 11 heteroatoms. The molecule has 0 saturated carbocycles. The van der Waals surface area contributed by atoms with Crippen LogP contribution >= 0.6 is 11.8 Å². The summed E-state index contributed by atoms with van der Waals surface area (Å²) in [5.74, 6) is -1.51. The summed E-state index contributed by atoms with van der Waals surface area (Å²) in [5.41, 5.74) is 5.05. The quantitative estimate of drug-likeness (QED) is 0.373. The predicted octanol–water partition coefficient (Wildman–Crippen LogP) is -1.13. The summed E-state index contributed by atoms with van der Waals surface area (Å²) in [4.78, 5) is 40.5. The Balaban J connectivity index is 1.74. The summed E-state index contributed by atoms with van der Waals surface area (Å²) < 4.78 is 0. The van der Waals surface area contributed by atoms with Gasteiger partial charge in [0.05, 0.1) is 12.0 Å². The van der Waals surface area contributed by atoms with Crippen LogP contribution in [0.5, 0.6) is 0 Å². The van der Waals surface area contributed by atoms with E-state index in [1.165, 1.54) is 16.7 Å². The number of β-lactam (4-membered cyclic amide) rings is 1. The molecule has 142 valence electrons. The zero-order valence-corrected chi connectivity index (χ0v) is 15.0. The number of fused-ring (bicyclic) bond motifs is 1. The summed E-state index contributed by atoms with van der Waals surface area (Å²) >= 11 is 1.41. The third-order valence-electron chi connectivity index (χ3n) is 4.82. The number of aliphatic hydroxyl groups is 1. The summed E-state index contributed by atoms with van der Waals surface area (Å²) in [6, 6.07) is -1.01. The van der Waals surface area contributed by atoms with Gasteiger partial charge in [0.15, 0.2) is 0 Å². The highest BCUT2D eigenvalue weighted by molar-refractivity contribution is 8.03. The Morgan fingerprint density at radius 3 is 2.58 bits per heavy atom. The number of nitrogens with one attached hydrogen (secondary N) is 2. The molecular formula is C15H21N5O5S. The Bertz CT molecular complexity index is 699. The summed E-state index contributed by atoms with van der Waals surface area (Å²) in [6.07, 6.45) is 0.342. The zero-order chi connectivity index (χ0) is 19.0. The summed E-state index contributed by atoms with van der Waals surface area (Å²) in [7, 11) is 0. The molecule has 3 atom stereocenters.